The van der Waals surface area contributed by atoms with E-state index in [4.69, 9.17) is 9.88 Å². The van der Waals surface area contributed by atoms with E-state index in [0.29, 0.717) is 5.69 Å². The van der Waals surface area contributed by atoms with Gasteiger partial charge in [0.2, 0.25) is 10.0 Å². The summed E-state index contributed by atoms with van der Waals surface area (Å²) in [5.41, 5.74) is 0.210. The number of nitrogens with two attached hydrogens (primary N) is 1. The minimum atomic E-state index is -3.80. The molecule has 0 unspecified atom stereocenters. The predicted octanol–water partition coefficient (Wildman–Crippen LogP) is 1.26. The van der Waals surface area contributed by atoms with Gasteiger partial charge in [-0.15, -0.1) is 0 Å². The van der Waals surface area contributed by atoms with Crippen molar-refractivity contribution in [1.29, 1.82) is 0 Å². The van der Waals surface area contributed by atoms with E-state index in [-0.39, 0.29) is 22.9 Å². The van der Waals surface area contributed by atoms with Crippen molar-refractivity contribution >= 4 is 27.3 Å². The molecular weight excluding hydrogens is 338 g/mol. The smallest absolute Gasteiger partial charge is 0.273 e. The molecule has 0 heterocycles. The van der Waals surface area contributed by atoms with Gasteiger partial charge in [-0.1, -0.05) is 6.07 Å². The molecule has 0 aliphatic heterocycles. The molecule has 0 bridgehead atoms. The average Bonchev–Trinajstić information content (AvgIpc) is 2.53. The van der Waals surface area contributed by atoms with Gasteiger partial charge in [0.05, 0.1) is 15.9 Å². The summed E-state index contributed by atoms with van der Waals surface area (Å²) in [5.74, 6) is -0.325. The van der Waals surface area contributed by atoms with Crippen LogP contribution in [0, 0.1) is 10.1 Å². The van der Waals surface area contributed by atoms with Crippen LogP contribution >= 0.6 is 0 Å². The minimum Gasteiger partial charge on any atom is -0.484 e. The number of rotatable bonds is 6. The Morgan fingerprint density at radius 3 is 2.46 bits per heavy atom. The lowest BCUT2D eigenvalue weighted by molar-refractivity contribution is -0.384. The zero-order valence-electron chi connectivity index (χ0n) is 12.2. The molecule has 3 N–H and O–H groups in total. The molecule has 0 aromatic heterocycles. The second-order valence-corrected chi connectivity index (χ2v) is 6.22. The molecule has 0 aliphatic carbocycles. The molecule has 9 nitrogen and oxygen atoms in total. The Balaban J connectivity index is 1.94. The van der Waals surface area contributed by atoms with Gasteiger partial charge in [0.15, 0.2) is 6.61 Å². The Kier molecular flexibility index (Phi) is 5.11. The zero-order chi connectivity index (χ0) is 17.7. The first-order chi connectivity index (χ1) is 11.3. The van der Waals surface area contributed by atoms with Gasteiger partial charge in [-0.25, -0.2) is 13.6 Å². The van der Waals surface area contributed by atoms with Crippen LogP contribution in [0.15, 0.2) is 53.4 Å². The third kappa shape index (κ3) is 4.76. The van der Waals surface area contributed by atoms with Crippen LogP contribution in [0.2, 0.25) is 0 Å². The molecule has 0 fully saturated rings. The quantitative estimate of drug-likeness (QED) is 0.592. The monoisotopic (exact) mass is 351 g/mol. The number of anilines is 1. The maximum absolute atomic E-state index is 11.8. The lowest BCUT2D eigenvalue weighted by Gasteiger charge is -2.08. The topological polar surface area (TPSA) is 142 Å². The van der Waals surface area contributed by atoms with Crippen molar-refractivity contribution < 1.29 is 22.9 Å². The van der Waals surface area contributed by atoms with Crippen molar-refractivity contribution in [2.24, 2.45) is 5.14 Å². The standard InChI is InChI=1S/C14H13N3O6S/c15-24(21,22)13-6-4-10(5-7-13)16-14(18)9-23-12-3-1-2-11(8-12)17(19)20/h1-8H,9H2,(H,16,18)(H2,15,21,22). The lowest BCUT2D eigenvalue weighted by atomic mass is 10.3. The van der Waals surface area contributed by atoms with Crippen LogP contribution in [-0.4, -0.2) is 25.9 Å². The first-order valence-corrected chi connectivity index (χ1v) is 8.10. The highest BCUT2D eigenvalue weighted by Crippen LogP contribution is 2.19. The van der Waals surface area contributed by atoms with Crippen LogP contribution in [0.3, 0.4) is 0 Å². The van der Waals surface area contributed by atoms with E-state index in [1.165, 1.54) is 48.5 Å². The van der Waals surface area contributed by atoms with Crippen LogP contribution in [0.1, 0.15) is 0 Å². The van der Waals surface area contributed by atoms with Crippen molar-refractivity contribution in [2.45, 2.75) is 4.90 Å². The van der Waals surface area contributed by atoms with Crippen molar-refractivity contribution in [3.8, 4) is 5.75 Å². The Morgan fingerprint density at radius 1 is 1.21 bits per heavy atom. The van der Waals surface area contributed by atoms with Crippen LogP contribution in [0.4, 0.5) is 11.4 Å². The van der Waals surface area contributed by atoms with Gasteiger partial charge in [-0.2, -0.15) is 0 Å². The number of hydrogen-bond donors (Lipinski definition) is 2. The number of amides is 1. The first kappa shape index (κ1) is 17.4. The Bertz CT molecular complexity index is 864. The fourth-order valence-electron chi connectivity index (χ4n) is 1.76. The lowest BCUT2D eigenvalue weighted by Crippen LogP contribution is -2.20. The number of sulfonamides is 1. The largest absolute Gasteiger partial charge is 0.484 e. The molecule has 2 aromatic carbocycles. The van der Waals surface area contributed by atoms with Gasteiger partial charge < -0.3 is 10.1 Å². The van der Waals surface area contributed by atoms with Gasteiger partial charge in [-0.3, -0.25) is 14.9 Å². The number of nitro benzene ring substituents is 1. The summed E-state index contributed by atoms with van der Waals surface area (Å²) in [6.45, 7) is -0.363. The van der Waals surface area contributed by atoms with Crippen LogP contribution < -0.4 is 15.2 Å². The maximum atomic E-state index is 11.8. The SMILES string of the molecule is NS(=O)(=O)c1ccc(NC(=O)COc2cccc([N+](=O)[O-])c2)cc1. The molecule has 0 spiro atoms. The number of carbonyl (C=O) groups is 1. The molecule has 0 aliphatic rings. The molecule has 2 aromatic rings. The molecule has 2 rings (SSSR count). The van der Waals surface area contributed by atoms with Gasteiger partial charge >= 0.3 is 0 Å². The number of nitrogens with one attached hydrogen (secondary N) is 1. The second kappa shape index (κ2) is 7.06. The molecule has 24 heavy (non-hydrogen) atoms. The molecule has 1 amide bonds. The fraction of sp³-hybridized carbons (Fsp3) is 0.0714. The second-order valence-electron chi connectivity index (χ2n) is 4.66. The maximum Gasteiger partial charge on any atom is 0.273 e. The van der Waals surface area contributed by atoms with Crippen LogP contribution in [0.5, 0.6) is 5.75 Å². The van der Waals surface area contributed by atoms with Crippen LogP contribution in [0.25, 0.3) is 0 Å². The highest BCUT2D eigenvalue weighted by atomic mass is 32.2. The Labute approximate surface area is 137 Å². The molecule has 126 valence electrons. The summed E-state index contributed by atoms with van der Waals surface area (Å²) in [4.78, 5) is 21.8. The normalized spacial score (nSPS) is 10.9. The first-order valence-electron chi connectivity index (χ1n) is 6.56. The van der Waals surface area contributed by atoms with E-state index in [9.17, 15) is 23.3 Å². The third-order valence-corrected chi connectivity index (χ3v) is 3.79. The van der Waals surface area contributed by atoms with E-state index < -0.39 is 20.9 Å². The van der Waals surface area contributed by atoms with Crippen molar-refractivity contribution in [2.75, 3.05) is 11.9 Å². The predicted molar refractivity (Wildman–Crippen MR) is 85.0 cm³/mol. The highest BCUT2D eigenvalue weighted by Gasteiger charge is 2.10. The number of nitrogens with zero attached hydrogens (tertiary/aromatic N) is 1. The summed E-state index contributed by atoms with van der Waals surface area (Å²) >= 11 is 0. The van der Waals surface area contributed by atoms with Gasteiger partial charge in [0, 0.05) is 11.8 Å². The van der Waals surface area contributed by atoms with Gasteiger partial charge in [0.25, 0.3) is 11.6 Å². The van der Waals surface area contributed by atoms with E-state index in [0.717, 1.165) is 0 Å². The van der Waals surface area contributed by atoms with Crippen molar-refractivity contribution in [1.82, 2.24) is 0 Å². The number of benzene rings is 2. The number of ether oxygens (including phenoxy) is 1. The van der Waals surface area contributed by atoms with Crippen molar-refractivity contribution in [3.63, 3.8) is 0 Å². The summed E-state index contributed by atoms with van der Waals surface area (Å²) in [6, 6.07) is 10.7. The number of carbonyl (C=O) groups excluding carboxylic acids is 1. The number of non-ortho nitro benzene ring substituents is 1. The van der Waals surface area contributed by atoms with E-state index in [2.05, 4.69) is 5.32 Å². The summed E-state index contributed by atoms with van der Waals surface area (Å²) in [5, 5.41) is 18.1. The van der Waals surface area contributed by atoms with Gasteiger partial charge in [-0.05, 0) is 30.3 Å². The van der Waals surface area contributed by atoms with E-state index in [1.54, 1.807) is 0 Å². The van der Waals surface area contributed by atoms with Crippen LogP contribution in [-0.2, 0) is 14.8 Å². The molecule has 10 heteroatoms. The minimum absolute atomic E-state index is 0.0756. The zero-order valence-corrected chi connectivity index (χ0v) is 13.0. The molecule has 0 saturated carbocycles. The fourth-order valence-corrected chi connectivity index (χ4v) is 2.28. The Morgan fingerprint density at radius 2 is 1.88 bits per heavy atom. The Hall–Kier alpha value is -2.98. The third-order valence-electron chi connectivity index (χ3n) is 2.86. The molecule has 0 saturated heterocycles. The average molecular weight is 351 g/mol. The molecule has 0 atom stereocenters. The van der Waals surface area contributed by atoms with Crippen molar-refractivity contribution in [3.05, 3.63) is 58.6 Å². The highest BCUT2D eigenvalue weighted by molar-refractivity contribution is 7.89. The number of primary sulfonamides is 1. The van der Waals surface area contributed by atoms with E-state index in [1.807, 2.05) is 0 Å². The molecule has 0 radical (unpaired) electrons. The van der Waals surface area contributed by atoms with E-state index >= 15 is 0 Å². The van der Waals surface area contributed by atoms with Gasteiger partial charge in [0.1, 0.15) is 5.75 Å². The summed E-state index contributed by atoms with van der Waals surface area (Å²) in [7, 11) is -3.80. The summed E-state index contributed by atoms with van der Waals surface area (Å²) in [6.07, 6.45) is 0. The number of hydrogen-bond acceptors (Lipinski definition) is 6. The summed E-state index contributed by atoms with van der Waals surface area (Å²) < 4.78 is 27.4. The number of nitro groups is 1. The molecular formula is C14H13N3O6S.